The van der Waals surface area contributed by atoms with Gasteiger partial charge in [0.05, 0.1) is 36.3 Å². The van der Waals surface area contributed by atoms with E-state index in [1.165, 1.54) is 18.4 Å². The lowest BCUT2D eigenvalue weighted by Crippen LogP contribution is -2.33. The van der Waals surface area contributed by atoms with Gasteiger partial charge in [0.15, 0.2) is 5.76 Å². The fourth-order valence-electron chi connectivity index (χ4n) is 3.91. The summed E-state index contributed by atoms with van der Waals surface area (Å²) in [4.78, 5) is 2.52. The van der Waals surface area contributed by atoms with E-state index in [1.54, 1.807) is 7.11 Å². The zero-order valence-corrected chi connectivity index (χ0v) is 16.2. The van der Waals surface area contributed by atoms with Crippen molar-refractivity contribution in [2.24, 2.45) is 0 Å². The predicted molar refractivity (Wildman–Crippen MR) is 104 cm³/mol. The number of hydrogen-bond acceptors (Lipinski definition) is 5. The Kier molecular flexibility index (Phi) is 4.99. The summed E-state index contributed by atoms with van der Waals surface area (Å²) in [6.45, 7) is 5.97. The van der Waals surface area contributed by atoms with E-state index in [0.29, 0.717) is 0 Å². The fourth-order valence-corrected chi connectivity index (χ4v) is 3.91. The van der Waals surface area contributed by atoms with Crippen molar-refractivity contribution in [1.82, 2.24) is 20.3 Å². The van der Waals surface area contributed by atoms with E-state index in [4.69, 9.17) is 9.26 Å². The van der Waals surface area contributed by atoms with Crippen molar-refractivity contribution in [2.45, 2.75) is 45.7 Å². The number of aromatic amines is 1. The SMILES string of the molecule is COc1cccc(CN2CCCCC2c2[nH]ncc2-c2onc(C)c2C)c1. The van der Waals surface area contributed by atoms with Crippen molar-refractivity contribution in [1.29, 1.82) is 0 Å². The second kappa shape index (κ2) is 7.56. The molecule has 1 atom stereocenters. The summed E-state index contributed by atoms with van der Waals surface area (Å²) >= 11 is 0. The van der Waals surface area contributed by atoms with Crippen LogP contribution in [-0.4, -0.2) is 33.9 Å². The van der Waals surface area contributed by atoms with Crippen LogP contribution in [0.15, 0.2) is 35.0 Å². The summed E-state index contributed by atoms with van der Waals surface area (Å²) in [6.07, 6.45) is 5.39. The van der Waals surface area contributed by atoms with Crippen molar-refractivity contribution in [3.8, 4) is 17.1 Å². The highest BCUT2D eigenvalue weighted by Gasteiger charge is 2.29. The van der Waals surface area contributed by atoms with Crippen LogP contribution in [-0.2, 0) is 6.54 Å². The number of methoxy groups -OCH3 is 1. The van der Waals surface area contributed by atoms with Crippen LogP contribution >= 0.6 is 0 Å². The van der Waals surface area contributed by atoms with Gasteiger partial charge in [-0.15, -0.1) is 0 Å². The summed E-state index contributed by atoms with van der Waals surface area (Å²) in [5.41, 5.74) is 5.41. The van der Waals surface area contributed by atoms with Crippen LogP contribution in [0.25, 0.3) is 11.3 Å². The molecule has 0 radical (unpaired) electrons. The molecule has 1 unspecified atom stereocenters. The third kappa shape index (κ3) is 3.49. The highest BCUT2D eigenvalue weighted by molar-refractivity contribution is 5.64. The van der Waals surface area contributed by atoms with Crippen molar-refractivity contribution in [2.75, 3.05) is 13.7 Å². The molecule has 4 rings (SSSR count). The molecule has 1 aromatic carbocycles. The Hall–Kier alpha value is -2.60. The van der Waals surface area contributed by atoms with Gasteiger partial charge in [0.25, 0.3) is 0 Å². The number of nitrogens with one attached hydrogen (secondary N) is 1. The van der Waals surface area contributed by atoms with Crippen molar-refractivity contribution < 1.29 is 9.26 Å². The van der Waals surface area contributed by atoms with E-state index in [2.05, 4.69) is 38.5 Å². The van der Waals surface area contributed by atoms with Gasteiger partial charge in [-0.25, -0.2) is 0 Å². The number of piperidine rings is 1. The molecule has 6 heteroatoms. The Morgan fingerprint density at radius 1 is 1.30 bits per heavy atom. The standard InChI is InChI=1S/C21H26N4O2/c1-14-15(2)24-27-21(14)18-12-22-23-20(18)19-9-4-5-10-25(19)13-16-7-6-8-17(11-16)26-3/h6-8,11-12,19H,4-5,9-10,13H2,1-3H3,(H,22,23). The number of likely N-dealkylation sites (tertiary alicyclic amines) is 1. The number of ether oxygens (including phenoxy) is 1. The third-order valence-electron chi connectivity index (χ3n) is 5.54. The maximum atomic E-state index is 5.61. The molecule has 0 spiro atoms. The molecule has 0 aliphatic carbocycles. The topological polar surface area (TPSA) is 67.2 Å². The second-order valence-electron chi connectivity index (χ2n) is 7.25. The molecule has 3 heterocycles. The van der Waals surface area contributed by atoms with Gasteiger partial charge in [-0.2, -0.15) is 5.10 Å². The molecule has 0 amide bonds. The van der Waals surface area contributed by atoms with Gasteiger partial charge in [0.1, 0.15) is 5.75 Å². The van der Waals surface area contributed by atoms with Crippen LogP contribution in [0.1, 0.15) is 47.8 Å². The molecule has 1 aliphatic rings. The monoisotopic (exact) mass is 366 g/mol. The van der Waals surface area contributed by atoms with E-state index < -0.39 is 0 Å². The highest BCUT2D eigenvalue weighted by atomic mass is 16.5. The number of H-pyrrole nitrogens is 1. The Labute approximate surface area is 159 Å². The molecule has 1 aliphatic heterocycles. The molecule has 2 aromatic heterocycles. The van der Waals surface area contributed by atoms with Gasteiger partial charge in [0.2, 0.25) is 0 Å². The third-order valence-corrected chi connectivity index (χ3v) is 5.54. The predicted octanol–water partition coefficient (Wildman–Crippen LogP) is 4.42. The average molecular weight is 366 g/mol. The lowest BCUT2D eigenvalue weighted by Gasteiger charge is -2.35. The normalized spacial score (nSPS) is 18.0. The summed E-state index contributed by atoms with van der Waals surface area (Å²) in [5.74, 6) is 1.72. The summed E-state index contributed by atoms with van der Waals surface area (Å²) in [5, 5.41) is 11.7. The van der Waals surface area contributed by atoms with Crippen LogP contribution in [0.2, 0.25) is 0 Å². The van der Waals surface area contributed by atoms with Gasteiger partial charge in [-0.05, 0) is 50.9 Å². The number of aromatic nitrogens is 3. The lowest BCUT2D eigenvalue weighted by atomic mass is 9.95. The zero-order valence-electron chi connectivity index (χ0n) is 16.2. The Morgan fingerprint density at radius 2 is 2.19 bits per heavy atom. The minimum Gasteiger partial charge on any atom is -0.497 e. The summed E-state index contributed by atoms with van der Waals surface area (Å²) in [6, 6.07) is 8.59. The zero-order chi connectivity index (χ0) is 18.8. The van der Waals surface area contributed by atoms with Gasteiger partial charge >= 0.3 is 0 Å². The molecular weight excluding hydrogens is 340 g/mol. The van der Waals surface area contributed by atoms with Gasteiger partial charge in [-0.1, -0.05) is 23.7 Å². The summed E-state index contributed by atoms with van der Waals surface area (Å²) in [7, 11) is 1.71. The first kappa shape index (κ1) is 17.8. The molecule has 0 saturated carbocycles. The number of hydrogen-bond donors (Lipinski definition) is 1. The number of nitrogens with zero attached hydrogens (tertiary/aromatic N) is 3. The van der Waals surface area contributed by atoms with Crippen molar-refractivity contribution in [3.63, 3.8) is 0 Å². The first-order valence-corrected chi connectivity index (χ1v) is 9.51. The van der Waals surface area contributed by atoms with Crippen molar-refractivity contribution in [3.05, 3.63) is 53.0 Å². The van der Waals surface area contributed by atoms with Crippen LogP contribution < -0.4 is 4.74 Å². The first-order chi connectivity index (χ1) is 13.2. The number of benzene rings is 1. The largest absolute Gasteiger partial charge is 0.497 e. The minimum atomic E-state index is 0.284. The van der Waals surface area contributed by atoms with Crippen LogP contribution in [0.4, 0.5) is 0 Å². The number of rotatable bonds is 5. The fraction of sp³-hybridized carbons (Fsp3) is 0.429. The Morgan fingerprint density at radius 3 is 2.96 bits per heavy atom. The quantitative estimate of drug-likeness (QED) is 0.724. The van der Waals surface area contributed by atoms with Gasteiger partial charge in [0, 0.05) is 12.1 Å². The smallest absolute Gasteiger partial charge is 0.173 e. The molecule has 1 fully saturated rings. The molecule has 1 N–H and O–H groups in total. The minimum absolute atomic E-state index is 0.284. The molecule has 6 nitrogen and oxygen atoms in total. The Balaban J connectivity index is 1.64. The molecule has 0 bridgehead atoms. The molecular formula is C21H26N4O2. The Bertz CT molecular complexity index is 915. The average Bonchev–Trinajstić information content (AvgIpc) is 3.29. The molecule has 3 aromatic rings. The van der Waals surface area contributed by atoms with Crippen molar-refractivity contribution >= 4 is 0 Å². The second-order valence-corrected chi connectivity index (χ2v) is 7.25. The van der Waals surface area contributed by atoms with E-state index in [-0.39, 0.29) is 6.04 Å². The highest BCUT2D eigenvalue weighted by Crippen LogP contribution is 2.38. The van der Waals surface area contributed by atoms with Crippen LogP contribution in [0, 0.1) is 13.8 Å². The van der Waals surface area contributed by atoms with E-state index >= 15 is 0 Å². The van der Waals surface area contributed by atoms with Crippen LogP contribution in [0.3, 0.4) is 0 Å². The van der Waals surface area contributed by atoms with Gasteiger partial charge < -0.3 is 9.26 Å². The van der Waals surface area contributed by atoms with E-state index in [9.17, 15) is 0 Å². The molecule has 27 heavy (non-hydrogen) atoms. The molecule has 142 valence electrons. The van der Waals surface area contributed by atoms with Gasteiger partial charge in [-0.3, -0.25) is 10.00 Å². The number of aryl methyl sites for hydroxylation is 1. The van der Waals surface area contributed by atoms with Crippen LogP contribution in [0.5, 0.6) is 5.75 Å². The maximum Gasteiger partial charge on any atom is 0.173 e. The van der Waals surface area contributed by atoms with E-state index in [1.807, 2.05) is 26.1 Å². The lowest BCUT2D eigenvalue weighted by molar-refractivity contribution is 0.137. The van der Waals surface area contributed by atoms with E-state index in [0.717, 1.165) is 53.5 Å². The summed E-state index contributed by atoms with van der Waals surface area (Å²) < 4.78 is 11.0. The first-order valence-electron chi connectivity index (χ1n) is 9.51. The maximum absolute atomic E-state index is 5.61. The molecule has 1 saturated heterocycles.